The van der Waals surface area contributed by atoms with E-state index in [9.17, 15) is 13.2 Å². The molecule has 1 atom stereocenters. The van der Waals surface area contributed by atoms with Crippen LogP contribution in [0.15, 0.2) is 53.6 Å². The van der Waals surface area contributed by atoms with Crippen LogP contribution in [0.5, 0.6) is 0 Å². The van der Waals surface area contributed by atoms with Gasteiger partial charge in [-0.1, -0.05) is 18.2 Å². The number of hydrogen-bond donors (Lipinski definition) is 1. The summed E-state index contributed by atoms with van der Waals surface area (Å²) in [4.78, 5) is 18.8. The fourth-order valence-electron chi connectivity index (χ4n) is 3.64. The van der Waals surface area contributed by atoms with Gasteiger partial charge >= 0.3 is 0 Å². The van der Waals surface area contributed by atoms with Crippen molar-refractivity contribution >= 4 is 27.4 Å². The summed E-state index contributed by atoms with van der Waals surface area (Å²) in [6.45, 7) is 6.07. The molecule has 7 nitrogen and oxygen atoms in total. The number of nitrogens with one attached hydrogen (secondary N) is 1. The molecule has 1 aromatic heterocycles. The van der Waals surface area contributed by atoms with Gasteiger partial charge in [-0.3, -0.25) is 9.10 Å². The van der Waals surface area contributed by atoms with Gasteiger partial charge in [0.05, 0.1) is 11.6 Å². The van der Waals surface area contributed by atoms with E-state index in [-0.39, 0.29) is 16.7 Å². The van der Waals surface area contributed by atoms with Crippen LogP contribution >= 0.6 is 0 Å². The maximum Gasteiger partial charge on any atom is 0.265 e. The molecular weight excluding hydrogens is 388 g/mol. The molecule has 29 heavy (non-hydrogen) atoms. The van der Waals surface area contributed by atoms with Crippen molar-refractivity contribution in [3.63, 3.8) is 0 Å². The van der Waals surface area contributed by atoms with Gasteiger partial charge in [-0.05, 0) is 51.0 Å². The monoisotopic (exact) mass is 416 g/mol. The Morgan fingerprint density at radius 3 is 2.59 bits per heavy atom. The second kappa shape index (κ2) is 9.26. The van der Waals surface area contributed by atoms with Crippen LogP contribution in [0.2, 0.25) is 0 Å². The van der Waals surface area contributed by atoms with Crippen molar-refractivity contribution in [2.75, 3.05) is 35.4 Å². The minimum absolute atomic E-state index is 0.0671. The highest BCUT2D eigenvalue weighted by molar-refractivity contribution is 7.92. The highest BCUT2D eigenvalue weighted by Gasteiger charge is 2.27. The number of benzene rings is 1. The van der Waals surface area contributed by atoms with Gasteiger partial charge in [0, 0.05) is 32.4 Å². The molecule has 1 saturated heterocycles. The maximum atomic E-state index is 13.1. The average Bonchev–Trinajstić information content (AvgIpc) is 2.75. The zero-order valence-corrected chi connectivity index (χ0v) is 17.7. The molecule has 0 spiro atoms. The number of nitrogens with zero attached hydrogens (tertiary/aromatic N) is 3. The number of hydrogen-bond acceptors (Lipinski definition) is 5. The van der Waals surface area contributed by atoms with E-state index in [1.165, 1.54) is 10.5 Å². The first-order valence-corrected chi connectivity index (χ1v) is 11.5. The van der Waals surface area contributed by atoms with Crippen molar-refractivity contribution in [2.45, 2.75) is 31.6 Å². The van der Waals surface area contributed by atoms with Crippen LogP contribution in [-0.4, -0.2) is 45.5 Å². The SMILES string of the molecule is CCNC(=O)C1CCCN(c2ccc(S(=O)(=O)N(CC)c3ccccc3)cn2)C1. The Kier molecular flexibility index (Phi) is 6.74. The quantitative estimate of drug-likeness (QED) is 0.750. The van der Waals surface area contributed by atoms with Crippen molar-refractivity contribution in [1.29, 1.82) is 0 Å². The van der Waals surface area contributed by atoms with E-state index in [1.54, 1.807) is 24.3 Å². The lowest BCUT2D eigenvalue weighted by atomic mass is 9.97. The van der Waals surface area contributed by atoms with Crippen LogP contribution in [0.4, 0.5) is 11.5 Å². The molecule has 0 bridgehead atoms. The van der Waals surface area contributed by atoms with E-state index in [1.807, 2.05) is 32.0 Å². The number of piperidine rings is 1. The molecule has 2 heterocycles. The molecule has 1 fully saturated rings. The van der Waals surface area contributed by atoms with E-state index in [0.29, 0.717) is 31.1 Å². The van der Waals surface area contributed by atoms with Gasteiger partial charge in [-0.15, -0.1) is 0 Å². The number of amides is 1. The molecule has 0 radical (unpaired) electrons. The van der Waals surface area contributed by atoms with Gasteiger partial charge in [0.2, 0.25) is 5.91 Å². The molecule has 3 rings (SSSR count). The van der Waals surface area contributed by atoms with Crippen LogP contribution in [0.1, 0.15) is 26.7 Å². The van der Waals surface area contributed by atoms with E-state index in [0.717, 1.165) is 19.4 Å². The number of pyridine rings is 1. The first-order valence-electron chi connectivity index (χ1n) is 10.0. The number of aromatic nitrogens is 1. The molecule has 0 saturated carbocycles. The summed E-state index contributed by atoms with van der Waals surface area (Å²) in [5.41, 5.74) is 0.625. The fraction of sp³-hybridized carbons (Fsp3) is 0.429. The lowest BCUT2D eigenvalue weighted by Crippen LogP contribution is -2.43. The smallest absolute Gasteiger partial charge is 0.265 e. The number of sulfonamides is 1. The van der Waals surface area contributed by atoms with Crippen LogP contribution in [-0.2, 0) is 14.8 Å². The molecule has 1 aliphatic rings. The predicted molar refractivity (Wildman–Crippen MR) is 115 cm³/mol. The molecule has 1 aromatic carbocycles. The second-order valence-electron chi connectivity index (χ2n) is 7.04. The van der Waals surface area contributed by atoms with E-state index >= 15 is 0 Å². The van der Waals surface area contributed by atoms with Crippen molar-refractivity contribution in [3.05, 3.63) is 48.7 Å². The number of anilines is 2. The molecule has 2 aromatic rings. The third-order valence-electron chi connectivity index (χ3n) is 5.11. The van der Waals surface area contributed by atoms with Crippen LogP contribution in [0.25, 0.3) is 0 Å². The summed E-state index contributed by atoms with van der Waals surface area (Å²) in [6, 6.07) is 12.4. The van der Waals surface area contributed by atoms with Gasteiger partial charge in [0.1, 0.15) is 10.7 Å². The summed E-state index contributed by atoms with van der Waals surface area (Å²) in [5.74, 6) is 0.695. The number of carbonyl (C=O) groups is 1. The summed E-state index contributed by atoms with van der Waals surface area (Å²) in [5, 5.41) is 2.88. The van der Waals surface area contributed by atoms with Crippen molar-refractivity contribution in [2.24, 2.45) is 5.92 Å². The summed E-state index contributed by atoms with van der Waals surface area (Å²) >= 11 is 0. The number of para-hydroxylation sites is 1. The standard InChI is InChI=1S/C21H28N4O3S/c1-3-22-21(26)17-9-8-14-24(16-17)20-13-12-19(15-23-20)29(27,28)25(4-2)18-10-6-5-7-11-18/h5-7,10-13,15,17H,3-4,8-9,14,16H2,1-2H3,(H,22,26). The zero-order valence-electron chi connectivity index (χ0n) is 16.9. The highest BCUT2D eigenvalue weighted by atomic mass is 32.2. The second-order valence-corrected chi connectivity index (χ2v) is 8.90. The van der Waals surface area contributed by atoms with Gasteiger partial charge in [-0.2, -0.15) is 0 Å². The Bertz CT molecular complexity index is 917. The van der Waals surface area contributed by atoms with Gasteiger partial charge in [0.15, 0.2) is 0 Å². The summed E-state index contributed by atoms with van der Waals surface area (Å²) in [7, 11) is -3.70. The largest absolute Gasteiger partial charge is 0.356 e. The van der Waals surface area contributed by atoms with Crippen LogP contribution in [0.3, 0.4) is 0 Å². The molecule has 1 unspecified atom stereocenters. The number of rotatable bonds is 7. The molecule has 1 aliphatic heterocycles. The summed E-state index contributed by atoms with van der Waals surface area (Å²) in [6.07, 6.45) is 3.17. The van der Waals surface area contributed by atoms with Gasteiger partial charge in [0.25, 0.3) is 10.0 Å². The predicted octanol–water partition coefficient (Wildman–Crippen LogP) is 2.65. The average molecular weight is 417 g/mol. The molecule has 8 heteroatoms. The Hall–Kier alpha value is -2.61. The van der Waals surface area contributed by atoms with Crippen molar-refractivity contribution < 1.29 is 13.2 Å². The third-order valence-corrected chi connectivity index (χ3v) is 6.99. The first kappa shape index (κ1) is 21.1. The minimum atomic E-state index is -3.70. The number of carbonyl (C=O) groups excluding carboxylic acids is 1. The topological polar surface area (TPSA) is 82.6 Å². The van der Waals surface area contributed by atoms with Gasteiger partial charge < -0.3 is 10.2 Å². The molecular formula is C21H28N4O3S. The third kappa shape index (κ3) is 4.70. The van der Waals surface area contributed by atoms with Crippen molar-refractivity contribution in [1.82, 2.24) is 10.3 Å². The maximum absolute atomic E-state index is 13.1. The fourth-order valence-corrected chi connectivity index (χ4v) is 5.06. The van der Waals surface area contributed by atoms with E-state index in [4.69, 9.17) is 0 Å². The Labute approximate surface area is 172 Å². The van der Waals surface area contributed by atoms with Crippen molar-refractivity contribution in [3.8, 4) is 0 Å². The molecule has 156 valence electrons. The minimum Gasteiger partial charge on any atom is -0.356 e. The lowest BCUT2D eigenvalue weighted by Gasteiger charge is -2.33. The molecule has 1 amide bonds. The lowest BCUT2D eigenvalue weighted by molar-refractivity contribution is -0.125. The first-order chi connectivity index (χ1) is 14.0. The summed E-state index contributed by atoms with van der Waals surface area (Å²) < 4.78 is 27.5. The Morgan fingerprint density at radius 1 is 1.21 bits per heavy atom. The normalized spacial score (nSPS) is 17.0. The zero-order chi connectivity index (χ0) is 20.9. The van der Waals surface area contributed by atoms with E-state index < -0.39 is 10.0 Å². The molecule has 1 N–H and O–H groups in total. The Morgan fingerprint density at radius 2 is 1.97 bits per heavy atom. The van der Waals surface area contributed by atoms with Crippen LogP contribution < -0.4 is 14.5 Å². The van der Waals surface area contributed by atoms with Crippen LogP contribution in [0, 0.1) is 5.92 Å². The van der Waals surface area contributed by atoms with E-state index in [2.05, 4.69) is 15.2 Å². The highest BCUT2D eigenvalue weighted by Crippen LogP contribution is 2.26. The molecule has 0 aliphatic carbocycles. The Balaban J connectivity index is 1.78. The van der Waals surface area contributed by atoms with Gasteiger partial charge in [-0.25, -0.2) is 13.4 Å².